The van der Waals surface area contributed by atoms with Crippen LogP contribution in [0, 0.1) is 5.92 Å². The van der Waals surface area contributed by atoms with Gasteiger partial charge in [0, 0.05) is 12.1 Å². The highest BCUT2D eigenvalue weighted by molar-refractivity contribution is 5.94. The van der Waals surface area contributed by atoms with Crippen molar-refractivity contribution in [1.82, 2.24) is 5.32 Å². The summed E-state index contributed by atoms with van der Waals surface area (Å²) in [4.78, 5) is 11.6. The minimum atomic E-state index is -0.0147. The zero-order valence-corrected chi connectivity index (χ0v) is 10.6. The van der Waals surface area contributed by atoms with Gasteiger partial charge in [0.1, 0.15) is 0 Å². The molecule has 0 aliphatic rings. The predicted octanol–water partition coefficient (Wildman–Crippen LogP) is 3.41. The standard InChI is InChI=1S/C15H21NO/c1-13(2)9-5-4-8-12-16-15(17)14-10-6-3-7-11-14/h3-4,6-8,10-11,13H,5,9,12H2,1-2H3,(H,16,17). The van der Waals surface area contributed by atoms with Crippen LogP contribution in [0.4, 0.5) is 0 Å². The molecule has 0 saturated carbocycles. The summed E-state index contributed by atoms with van der Waals surface area (Å²) < 4.78 is 0. The van der Waals surface area contributed by atoms with Crippen LogP contribution in [0.5, 0.6) is 0 Å². The number of hydrogen-bond donors (Lipinski definition) is 1. The second-order valence-corrected chi connectivity index (χ2v) is 4.52. The van der Waals surface area contributed by atoms with Crippen LogP contribution in [0.3, 0.4) is 0 Å². The van der Waals surface area contributed by atoms with E-state index in [0.29, 0.717) is 12.1 Å². The Balaban J connectivity index is 2.21. The van der Waals surface area contributed by atoms with E-state index in [-0.39, 0.29) is 5.91 Å². The van der Waals surface area contributed by atoms with Crippen LogP contribution >= 0.6 is 0 Å². The number of amides is 1. The molecule has 17 heavy (non-hydrogen) atoms. The highest BCUT2D eigenvalue weighted by atomic mass is 16.1. The van der Waals surface area contributed by atoms with Crippen LogP contribution in [-0.4, -0.2) is 12.5 Å². The summed E-state index contributed by atoms with van der Waals surface area (Å²) in [6.45, 7) is 5.03. The van der Waals surface area contributed by atoms with Gasteiger partial charge < -0.3 is 5.32 Å². The first kappa shape index (κ1) is 13.5. The van der Waals surface area contributed by atoms with Crippen molar-refractivity contribution in [2.45, 2.75) is 26.7 Å². The molecule has 1 amide bonds. The quantitative estimate of drug-likeness (QED) is 0.747. The molecule has 0 spiro atoms. The third-order valence-electron chi connectivity index (χ3n) is 2.49. The summed E-state index contributed by atoms with van der Waals surface area (Å²) in [7, 11) is 0. The van der Waals surface area contributed by atoms with Crippen LogP contribution in [0.1, 0.15) is 37.0 Å². The molecule has 0 radical (unpaired) electrons. The Morgan fingerprint density at radius 1 is 1.24 bits per heavy atom. The first-order valence-corrected chi connectivity index (χ1v) is 6.18. The van der Waals surface area contributed by atoms with Crippen LogP contribution in [0.2, 0.25) is 0 Å². The largest absolute Gasteiger partial charge is 0.349 e. The Morgan fingerprint density at radius 3 is 2.59 bits per heavy atom. The highest BCUT2D eigenvalue weighted by Crippen LogP contribution is 2.03. The second kappa shape index (κ2) is 7.66. The molecule has 0 atom stereocenters. The predicted molar refractivity (Wildman–Crippen MR) is 72.0 cm³/mol. The Kier molecular flexibility index (Phi) is 6.08. The fraction of sp³-hybridized carbons (Fsp3) is 0.400. The molecule has 1 N–H and O–H groups in total. The van der Waals surface area contributed by atoms with E-state index in [1.165, 1.54) is 6.42 Å². The van der Waals surface area contributed by atoms with Crippen molar-refractivity contribution in [3.05, 3.63) is 48.0 Å². The molecule has 1 aromatic carbocycles. The van der Waals surface area contributed by atoms with E-state index in [2.05, 4.69) is 25.2 Å². The number of carbonyl (C=O) groups is 1. The fourth-order valence-electron chi connectivity index (χ4n) is 1.47. The molecule has 2 nitrogen and oxygen atoms in total. The third-order valence-corrected chi connectivity index (χ3v) is 2.49. The zero-order valence-electron chi connectivity index (χ0n) is 10.6. The number of benzene rings is 1. The Hall–Kier alpha value is -1.57. The van der Waals surface area contributed by atoms with E-state index < -0.39 is 0 Å². The summed E-state index contributed by atoms with van der Waals surface area (Å²) >= 11 is 0. The summed E-state index contributed by atoms with van der Waals surface area (Å²) in [5.41, 5.74) is 0.711. The number of carbonyl (C=O) groups excluding carboxylic acids is 1. The van der Waals surface area contributed by atoms with Crippen molar-refractivity contribution >= 4 is 5.91 Å². The minimum Gasteiger partial charge on any atom is -0.349 e. The van der Waals surface area contributed by atoms with Gasteiger partial charge in [0.05, 0.1) is 0 Å². The van der Waals surface area contributed by atoms with Crippen LogP contribution in [-0.2, 0) is 0 Å². The molecular formula is C15H21NO. The molecule has 0 aliphatic carbocycles. The lowest BCUT2D eigenvalue weighted by atomic mass is 10.1. The van der Waals surface area contributed by atoms with Crippen LogP contribution in [0.25, 0.3) is 0 Å². The third kappa shape index (κ3) is 5.91. The Bertz CT molecular complexity index is 354. The monoisotopic (exact) mass is 231 g/mol. The summed E-state index contributed by atoms with van der Waals surface area (Å²) in [5, 5.41) is 2.86. The molecule has 0 unspecified atom stereocenters. The maximum atomic E-state index is 11.6. The second-order valence-electron chi connectivity index (χ2n) is 4.52. The summed E-state index contributed by atoms with van der Waals surface area (Å²) in [6.07, 6.45) is 6.43. The van der Waals surface area contributed by atoms with Gasteiger partial charge in [-0.3, -0.25) is 4.79 Å². The lowest BCUT2D eigenvalue weighted by molar-refractivity contribution is 0.0958. The lowest BCUT2D eigenvalue weighted by Gasteiger charge is -2.02. The van der Waals surface area contributed by atoms with Gasteiger partial charge in [-0.2, -0.15) is 0 Å². The summed E-state index contributed by atoms with van der Waals surface area (Å²) in [5.74, 6) is 0.720. The van der Waals surface area contributed by atoms with Gasteiger partial charge in [-0.15, -0.1) is 0 Å². The van der Waals surface area contributed by atoms with Crippen molar-refractivity contribution in [2.24, 2.45) is 5.92 Å². The Morgan fingerprint density at radius 2 is 1.94 bits per heavy atom. The average molecular weight is 231 g/mol. The van der Waals surface area contributed by atoms with E-state index in [0.717, 1.165) is 12.3 Å². The normalized spacial score (nSPS) is 11.0. The van der Waals surface area contributed by atoms with Crippen molar-refractivity contribution in [3.63, 3.8) is 0 Å². The number of hydrogen-bond acceptors (Lipinski definition) is 1. The van der Waals surface area contributed by atoms with Gasteiger partial charge in [-0.25, -0.2) is 0 Å². The van der Waals surface area contributed by atoms with Crippen molar-refractivity contribution in [3.8, 4) is 0 Å². The molecule has 1 aromatic rings. The fourth-order valence-corrected chi connectivity index (χ4v) is 1.47. The molecule has 92 valence electrons. The van der Waals surface area contributed by atoms with Crippen molar-refractivity contribution in [1.29, 1.82) is 0 Å². The molecule has 2 heteroatoms. The van der Waals surface area contributed by atoms with Crippen LogP contribution < -0.4 is 5.32 Å². The van der Waals surface area contributed by atoms with E-state index in [4.69, 9.17) is 0 Å². The van der Waals surface area contributed by atoms with Crippen molar-refractivity contribution < 1.29 is 4.79 Å². The van der Waals surface area contributed by atoms with Gasteiger partial charge in [-0.05, 0) is 30.9 Å². The maximum absolute atomic E-state index is 11.6. The molecule has 0 fully saturated rings. The summed E-state index contributed by atoms with van der Waals surface area (Å²) in [6, 6.07) is 9.28. The van der Waals surface area contributed by atoms with Gasteiger partial charge in [0.15, 0.2) is 0 Å². The highest BCUT2D eigenvalue weighted by Gasteiger charge is 2.00. The molecule has 0 aliphatic heterocycles. The SMILES string of the molecule is CC(C)CCC=CCNC(=O)c1ccccc1. The number of nitrogens with one attached hydrogen (secondary N) is 1. The van der Waals surface area contributed by atoms with Gasteiger partial charge in [0.2, 0.25) is 0 Å². The lowest BCUT2D eigenvalue weighted by Crippen LogP contribution is -2.23. The molecule has 0 heterocycles. The Labute approximate surface area is 104 Å². The number of rotatable bonds is 6. The van der Waals surface area contributed by atoms with E-state index in [1.54, 1.807) is 0 Å². The van der Waals surface area contributed by atoms with E-state index in [1.807, 2.05) is 36.4 Å². The van der Waals surface area contributed by atoms with Gasteiger partial charge >= 0.3 is 0 Å². The topological polar surface area (TPSA) is 29.1 Å². The van der Waals surface area contributed by atoms with Gasteiger partial charge in [-0.1, -0.05) is 44.2 Å². The first-order valence-electron chi connectivity index (χ1n) is 6.18. The molecule has 0 saturated heterocycles. The molecular weight excluding hydrogens is 210 g/mol. The smallest absolute Gasteiger partial charge is 0.251 e. The first-order chi connectivity index (χ1) is 8.20. The zero-order chi connectivity index (χ0) is 12.5. The van der Waals surface area contributed by atoms with E-state index >= 15 is 0 Å². The number of allylic oxidation sites excluding steroid dienone is 1. The minimum absolute atomic E-state index is 0.0147. The van der Waals surface area contributed by atoms with Crippen LogP contribution in [0.15, 0.2) is 42.5 Å². The molecule has 1 rings (SSSR count). The molecule has 0 aromatic heterocycles. The van der Waals surface area contributed by atoms with E-state index in [9.17, 15) is 4.79 Å². The van der Waals surface area contributed by atoms with Gasteiger partial charge in [0.25, 0.3) is 5.91 Å². The molecule has 0 bridgehead atoms. The maximum Gasteiger partial charge on any atom is 0.251 e. The van der Waals surface area contributed by atoms with Crippen molar-refractivity contribution in [2.75, 3.05) is 6.54 Å². The average Bonchev–Trinajstić information content (AvgIpc) is 2.34.